The van der Waals surface area contributed by atoms with Crippen LogP contribution in [0, 0.1) is 0 Å². The highest BCUT2D eigenvalue weighted by atomic mass is 16.4. The number of aliphatic carboxylic acids is 1. The molecular formula is C14H19NO2. The lowest BCUT2D eigenvalue weighted by Gasteiger charge is -2.32. The van der Waals surface area contributed by atoms with E-state index < -0.39 is 5.97 Å². The van der Waals surface area contributed by atoms with Crippen molar-refractivity contribution in [3.63, 3.8) is 0 Å². The number of nitrogens with one attached hydrogen (secondary N) is 1. The second-order valence-electron chi connectivity index (χ2n) is 4.68. The molecular weight excluding hydrogens is 214 g/mol. The quantitative estimate of drug-likeness (QED) is 0.839. The first-order valence-corrected chi connectivity index (χ1v) is 6.27. The molecule has 3 heteroatoms. The molecule has 0 aliphatic heterocycles. The van der Waals surface area contributed by atoms with Crippen molar-refractivity contribution in [2.24, 2.45) is 0 Å². The van der Waals surface area contributed by atoms with Crippen LogP contribution in [0.2, 0.25) is 0 Å². The standard InChI is InChI=1S/C14H19NO2/c16-14(17)10-15-13-9-5-4-8-12(13)11-6-2-1-3-7-11/h1-3,6-7,12-13,15H,4-5,8-10H2,(H,16,17)/t12-,13-/m0/s1. The largest absolute Gasteiger partial charge is 0.480 e. The van der Waals surface area contributed by atoms with Gasteiger partial charge in [-0.25, -0.2) is 0 Å². The molecule has 2 N–H and O–H groups in total. The maximum Gasteiger partial charge on any atom is 0.317 e. The van der Waals surface area contributed by atoms with E-state index in [4.69, 9.17) is 5.11 Å². The normalized spacial score (nSPS) is 24.5. The van der Waals surface area contributed by atoms with Crippen LogP contribution in [0.3, 0.4) is 0 Å². The smallest absolute Gasteiger partial charge is 0.317 e. The third-order valence-corrected chi connectivity index (χ3v) is 3.51. The second kappa shape index (κ2) is 5.82. The Labute approximate surface area is 102 Å². The zero-order valence-electron chi connectivity index (χ0n) is 9.93. The lowest BCUT2D eigenvalue weighted by molar-refractivity contribution is -0.136. The van der Waals surface area contributed by atoms with Gasteiger partial charge in [0.2, 0.25) is 0 Å². The number of hydrogen-bond acceptors (Lipinski definition) is 2. The summed E-state index contributed by atoms with van der Waals surface area (Å²) in [7, 11) is 0. The molecule has 0 unspecified atom stereocenters. The van der Waals surface area contributed by atoms with Gasteiger partial charge in [-0.2, -0.15) is 0 Å². The van der Waals surface area contributed by atoms with Crippen molar-refractivity contribution in [2.45, 2.75) is 37.6 Å². The second-order valence-corrected chi connectivity index (χ2v) is 4.68. The molecule has 1 aromatic carbocycles. The number of carbonyl (C=O) groups is 1. The molecule has 1 aliphatic rings. The molecule has 0 amide bonds. The van der Waals surface area contributed by atoms with Crippen LogP contribution in [0.25, 0.3) is 0 Å². The third-order valence-electron chi connectivity index (χ3n) is 3.51. The molecule has 3 nitrogen and oxygen atoms in total. The van der Waals surface area contributed by atoms with E-state index >= 15 is 0 Å². The van der Waals surface area contributed by atoms with E-state index in [-0.39, 0.29) is 6.54 Å². The average Bonchev–Trinajstić information content (AvgIpc) is 2.38. The Morgan fingerprint density at radius 2 is 1.94 bits per heavy atom. The summed E-state index contributed by atoms with van der Waals surface area (Å²) < 4.78 is 0. The molecule has 92 valence electrons. The SMILES string of the molecule is O=C(O)CN[C@H]1CCCC[C@H]1c1ccccc1. The van der Waals surface area contributed by atoms with E-state index in [0.717, 1.165) is 12.8 Å². The van der Waals surface area contributed by atoms with E-state index in [2.05, 4.69) is 29.6 Å². The van der Waals surface area contributed by atoms with Crippen LogP contribution in [0.5, 0.6) is 0 Å². The summed E-state index contributed by atoms with van der Waals surface area (Å²) in [6, 6.07) is 10.7. The topological polar surface area (TPSA) is 49.3 Å². The van der Waals surface area contributed by atoms with Crippen molar-refractivity contribution in [2.75, 3.05) is 6.54 Å². The summed E-state index contributed by atoms with van der Waals surface area (Å²) in [5.41, 5.74) is 1.33. The van der Waals surface area contributed by atoms with Crippen molar-refractivity contribution < 1.29 is 9.90 Å². The summed E-state index contributed by atoms with van der Waals surface area (Å²) in [5.74, 6) is -0.313. The van der Waals surface area contributed by atoms with Gasteiger partial charge in [0.05, 0.1) is 6.54 Å². The van der Waals surface area contributed by atoms with Gasteiger partial charge in [-0.1, -0.05) is 43.2 Å². The van der Waals surface area contributed by atoms with Gasteiger partial charge < -0.3 is 10.4 Å². The molecule has 1 aromatic rings. The predicted octanol–water partition coefficient (Wildman–Crippen LogP) is 2.39. The van der Waals surface area contributed by atoms with Crippen molar-refractivity contribution in [3.8, 4) is 0 Å². The van der Waals surface area contributed by atoms with Crippen LogP contribution < -0.4 is 5.32 Å². The lowest BCUT2D eigenvalue weighted by Crippen LogP contribution is -2.39. The molecule has 0 radical (unpaired) electrons. The first kappa shape index (κ1) is 12.1. The Morgan fingerprint density at radius 1 is 1.24 bits per heavy atom. The Hall–Kier alpha value is -1.35. The highest BCUT2D eigenvalue weighted by Gasteiger charge is 2.26. The Kier molecular flexibility index (Phi) is 4.15. The molecule has 0 bridgehead atoms. The summed E-state index contributed by atoms with van der Waals surface area (Å²) in [5, 5.41) is 11.9. The van der Waals surface area contributed by atoms with Crippen molar-refractivity contribution in [3.05, 3.63) is 35.9 Å². The van der Waals surface area contributed by atoms with E-state index in [1.807, 2.05) is 6.07 Å². The lowest BCUT2D eigenvalue weighted by atomic mass is 9.80. The maximum atomic E-state index is 10.6. The van der Waals surface area contributed by atoms with Crippen LogP contribution in [0.15, 0.2) is 30.3 Å². The number of carboxylic acids is 1. The summed E-state index contributed by atoms with van der Waals surface area (Å²) in [4.78, 5) is 10.6. The number of carboxylic acid groups (broad SMARTS) is 1. The van der Waals surface area contributed by atoms with E-state index in [1.54, 1.807) is 0 Å². The molecule has 2 atom stereocenters. The number of benzene rings is 1. The van der Waals surface area contributed by atoms with E-state index in [0.29, 0.717) is 12.0 Å². The Bertz CT molecular complexity index is 364. The molecule has 0 spiro atoms. The van der Waals surface area contributed by atoms with Crippen LogP contribution in [-0.4, -0.2) is 23.7 Å². The first-order chi connectivity index (χ1) is 8.27. The molecule has 0 saturated heterocycles. The Balaban J connectivity index is 2.04. The molecule has 1 aliphatic carbocycles. The summed E-state index contributed by atoms with van der Waals surface area (Å²) >= 11 is 0. The minimum Gasteiger partial charge on any atom is -0.480 e. The number of rotatable bonds is 4. The fourth-order valence-corrected chi connectivity index (χ4v) is 2.69. The van der Waals surface area contributed by atoms with Gasteiger partial charge in [0, 0.05) is 6.04 Å². The fraction of sp³-hybridized carbons (Fsp3) is 0.500. The predicted molar refractivity (Wildman–Crippen MR) is 67.1 cm³/mol. The highest BCUT2D eigenvalue weighted by Crippen LogP contribution is 2.32. The minimum absolute atomic E-state index is 0.0635. The van der Waals surface area contributed by atoms with Crippen LogP contribution in [0.1, 0.15) is 37.2 Å². The van der Waals surface area contributed by atoms with Crippen molar-refractivity contribution >= 4 is 5.97 Å². The summed E-state index contributed by atoms with van der Waals surface area (Å²) in [6.45, 7) is 0.0635. The zero-order valence-corrected chi connectivity index (χ0v) is 9.93. The molecule has 0 heterocycles. The van der Waals surface area contributed by atoms with E-state index in [9.17, 15) is 4.79 Å². The van der Waals surface area contributed by atoms with Crippen molar-refractivity contribution in [1.29, 1.82) is 0 Å². The van der Waals surface area contributed by atoms with Gasteiger partial charge >= 0.3 is 5.97 Å². The Morgan fingerprint density at radius 3 is 2.65 bits per heavy atom. The highest BCUT2D eigenvalue weighted by molar-refractivity contribution is 5.69. The monoisotopic (exact) mass is 233 g/mol. The first-order valence-electron chi connectivity index (χ1n) is 6.27. The van der Waals surface area contributed by atoms with Crippen LogP contribution >= 0.6 is 0 Å². The van der Waals surface area contributed by atoms with Crippen LogP contribution in [-0.2, 0) is 4.79 Å². The van der Waals surface area contributed by atoms with Crippen LogP contribution in [0.4, 0.5) is 0 Å². The molecule has 17 heavy (non-hydrogen) atoms. The van der Waals surface area contributed by atoms with Gasteiger partial charge in [-0.15, -0.1) is 0 Å². The van der Waals surface area contributed by atoms with Gasteiger partial charge in [0.25, 0.3) is 0 Å². The average molecular weight is 233 g/mol. The van der Waals surface area contributed by atoms with E-state index in [1.165, 1.54) is 18.4 Å². The number of hydrogen-bond donors (Lipinski definition) is 2. The zero-order chi connectivity index (χ0) is 12.1. The maximum absolute atomic E-state index is 10.6. The molecule has 0 aromatic heterocycles. The molecule has 1 fully saturated rings. The third kappa shape index (κ3) is 3.30. The van der Waals surface area contributed by atoms with Gasteiger partial charge in [-0.3, -0.25) is 4.79 Å². The van der Waals surface area contributed by atoms with Gasteiger partial charge in [-0.05, 0) is 24.3 Å². The van der Waals surface area contributed by atoms with Crippen molar-refractivity contribution in [1.82, 2.24) is 5.32 Å². The minimum atomic E-state index is -0.776. The van der Waals surface area contributed by atoms with Gasteiger partial charge in [0.1, 0.15) is 0 Å². The molecule has 1 saturated carbocycles. The van der Waals surface area contributed by atoms with Gasteiger partial charge in [0.15, 0.2) is 0 Å². The summed E-state index contributed by atoms with van der Waals surface area (Å²) in [6.07, 6.45) is 4.67. The molecule has 2 rings (SSSR count). The fourth-order valence-electron chi connectivity index (χ4n) is 2.69.